The van der Waals surface area contributed by atoms with Crippen LogP contribution in [0.4, 0.5) is 9.52 Å². The van der Waals surface area contributed by atoms with Crippen LogP contribution in [0.1, 0.15) is 12.8 Å². The third kappa shape index (κ3) is 6.00. The number of fused-ring (bicyclic) bond motifs is 1. The summed E-state index contributed by atoms with van der Waals surface area (Å²) in [5.74, 6) is -1.15. The topological polar surface area (TPSA) is 70.6 Å². The highest BCUT2D eigenvalue weighted by molar-refractivity contribution is 7.91. The van der Waals surface area contributed by atoms with Gasteiger partial charge in [-0.15, -0.1) is 0 Å². The van der Waals surface area contributed by atoms with Crippen LogP contribution in [0.5, 0.6) is 0 Å². The summed E-state index contributed by atoms with van der Waals surface area (Å²) in [4.78, 5) is 20.9. The van der Waals surface area contributed by atoms with Crippen LogP contribution in [0.15, 0.2) is 47.4 Å². The van der Waals surface area contributed by atoms with Gasteiger partial charge in [0.25, 0.3) is 0 Å². The number of anilines is 1. The summed E-state index contributed by atoms with van der Waals surface area (Å²) in [7, 11) is 0.213. The third-order valence-electron chi connectivity index (χ3n) is 4.63. The molecule has 3 rings (SSSR count). The van der Waals surface area contributed by atoms with Crippen LogP contribution in [0, 0.1) is 5.82 Å². The second-order valence-electron chi connectivity index (χ2n) is 7.31. The molecule has 3 aromatic rings. The van der Waals surface area contributed by atoms with Gasteiger partial charge in [-0.2, -0.15) is 0 Å². The number of nitrogens with zero attached hydrogens (tertiary/aromatic N) is 3. The van der Waals surface area contributed by atoms with E-state index < -0.39 is 15.7 Å². The maximum Gasteiger partial charge on any atom is 0.229 e. The number of amides is 1. The van der Waals surface area contributed by atoms with E-state index in [2.05, 4.69) is 4.98 Å². The molecule has 6 nitrogen and oxygen atoms in total. The number of halogens is 2. The average molecular weight is 484 g/mol. The molecule has 0 radical (unpaired) electrons. The number of thiazole rings is 1. The van der Waals surface area contributed by atoms with E-state index in [0.29, 0.717) is 27.8 Å². The lowest BCUT2D eigenvalue weighted by Crippen LogP contribution is -2.34. The monoisotopic (exact) mass is 483 g/mol. The van der Waals surface area contributed by atoms with E-state index in [1.54, 1.807) is 12.1 Å². The Hall–Kier alpha value is -2.07. The summed E-state index contributed by atoms with van der Waals surface area (Å²) in [5, 5.41) is 0.804. The molecule has 0 bridgehead atoms. The Balaban J connectivity index is 1.80. The molecule has 1 amide bonds. The highest BCUT2D eigenvalue weighted by Crippen LogP contribution is 2.31. The minimum absolute atomic E-state index is 0.117. The van der Waals surface area contributed by atoms with Crippen LogP contribution >= 0.6 is 22.9 Å². The van der Waals surface area contributed by atoms with Crippen LogP contribution in [-0.2, 0) is 14.6 Å². The third-order valence-corrected chi connectivity index (χ3v) is 7.66. The summed E-state index contributed by atoms with van der Waals surface area (Å²) in [6.07, 6.45) is 0.465. The minimum Gasteiger partial charge on any atom is -0.309 e. The Bertz CT molecular complexity index is 1160. The SMILES string of the molecule is CN(C)CCCN(C(=O)CCS(=O)(=O)c1ccc(Cl)cc1)c1nc2c(F)cccc2s1. The Labute approximate surface area is 190 Å². The molecule has 0 saturated heterocycles. The largest absolute Gasteiger partial charge is 0.309 e. The van der Waals surface area contributed by atoms with Crippen LogP contribution in [0.3, 0.4) is 0 Å². The van der Waals surface area contributed by atoms with E-state index in [4.69, 9.17) is 11.6 Å². The summed E-state index contributed by atoms with van der Waals surface area (Å²) in [6, 6.07) is 10.5. The number of carbonyl (C=O) groups is 1. The fourth-order valence-corrected chi connectivity index (χ4v) is 5.39. The molecule has 0 aliphatic heterocycles. The zero-order valence-electron chi connectivity index (χ0n) is 17.2. The zero-order valence-corrected chi connectivity index (χ0v) is 19.6. The highest BCUT2D eigenvalue weighted by atomic mass is 35.5. The Morgan fingerprint density at radius 3 is 2.48 bits per heavy atom. The number of aromatic nitrogens is 1. The summed E-state index contributed by atoms with van der Waals surface area (Å²) >= 11 is 7.04. The van der Waals surface area contributed by atoms with Crippen LogP contribution in [0.2, 0.25) is 5.02 Å². The number of rotatable bonds is 9. The smallest absolute Gasteiger partial charge is 0.229 e. The van der Waals surface area contributed by atoms with E-state index in [9.17, 15) is 17.6 Å². The van der Waals surface area contributed by atoms with E-state index in [0.717, 1.165) is 6.54 Å². The minimum atomic E-state index is -3.64. The molecule has 0 atom stereocenters. The number of para-hydroxylation sites is 1. The van der Waals surface area contributed by atoms with Gasteiger partial charge in [0.1, 0.15) is 11.3 Å². The van der Waals surface area contributed by atoms with Gasteiger partial charge in [0.2, 0.25) is 5.91 Å². The number of hydrogen-bond donors (Lipinski definition) is 0. The quantitative estimate of drug-likeness (QED) is 0.455. The van der Waals surface area contributed by atoms with Crippen LogP contribution in [-0.4, -0.2) is 57.1 Å². The van der Waals surface area contributed by atoms with Crippen molar-refractivity contribution < 1.29 is 17.6 Å². The normalized spacial score (nSPS) is 11.9. The zero-order chi connectivity index (χ0) is 22.6. The first-order chi connectivity index (χ1) is 14.7. The lowest BCUT2D eigenvalue weighted by Gasteiger charge is -2.21. The van der Waals surface area contributed by atoms with Crippen molar-refractivity contribution in [3.63, 3.8) is 0 Å². The fraction of sp³-hybridized carbons (Fsp3) is 0.333. The van der Waals surface area contributed by atoms with E-state index >= 15 is 0 Å². The number of benzene rings is 2. The number of sulfone groups is 1. The van der Waals surface area contributed by atoms with Crippen LogP contribution in [0.25, 0.3) is 10.2 Å². The standard InChI is InChI=1S/C21H23ClFN3O3S2/c1-25(2)12-4-13-26(21-24-20-17(23)5-3-6-18(20)30-21)19(27)11-14-31(28,29)16-9-7-15(22)8-10-16/h3,5-10H,4,11-14H2,1-2H3. The molecule has 0 aliphatic rings. The van der Waals surface area contributed by atoms with Crippen molar-refractivity contribution in [1.29, 1.82) is 0 Å². The molecular formula is C21H23ClFN3O3S2. The van der Waals surface area contributed by atoms with Gasteiger partial charge in [-0.3, -0.25) is 9.69 Å². The van der Waals surface area contributed by atoms with Gasteiger partial charge in [-0.25, -0.2) is 17.8 Å². The van der Waals surface area contributed by atoms with E-state index in [1.165, 1.54) is 46.6 Å². The van der Waals surface area contributed by atoms with Gasteiger partial charge in [-0.1, -0.05) is 29.0 Å². The van der Waals surface area contributed by atoms with Crippen molar-refractivity contribution in [1.82, 2.24) is 9.88 Å². The molecule has 1 heterocycles. The fourth-order valence-electron chi connectivity index (χ4n) is 3.01. The molecule has 0 saturated carbocycles. The van der Waals surface area contributed by atoms with Gasteiger partial charge in [0, 0.05) is 18.0 Å². The van der Waals surface area contributed by atoms with Gasteiger partial charge >= 0.3 is 0 Å². The molecule has 0 spiro atoms. The second-order valence-corrected chi connectivity index (χ2v) is 10.9. The average Bonchev–Trinajstić information content (AvgIpc) is 3.15. The Morgan fingerprint density at radius 1 is 1.13 bits per heavy atom. The second kappa shape index (κ2) is 10.0. The maximum atomic E-state index is 14.1. The van der Waals surface area contributed by atoms with Gasteiger partial charge in [-0.05, 0) is 63.5 Å². The predicted molar refractivity (Wildman–Crippen MR) is 123 cm³/mol. The predicted octanol–water partition coefficient (Wildman–Crippen LogP) is 4.24. The first-order valence-electron chi connectivity index (χ1n) is 9.66. The first-order valence-corrected chi connectivity index (χ1v) is 12.5. The molecule has 31 heavy (non-hydrogen) atoms. The molecule has 0 aliphatic carbocycles. The Morgan fingerprint density at radius 2 is 1.84 bits per heavy atom. The molecule has 1 aromatic heterocycles. The van der Waals surface area contributed by atoms with Gasteiger partial charge in [0.05, 0.1) is 15.3 Å². The van der Waals surface area contributed by atoms with Crippen molar-refractivity contribution in [2.45, 2.75) is 17.7 Å². The van der Waals surface area contributed by atoms with E-state index in [1.807, 2.05) is 19.0 Å². The van der Waals surface area contributed by atoms with Crippen molar-refractivity contribution in [3.05, 3.63) is 53.3 Å². The van der Waals surface area contributed by atoms with Crippen molar-refractivity contribution >= 4 is 54.0 Å². The Kier molecular flexibility index (Phi) is 7.64. The van der Waals surface area contributed by atoms with Crippen molar-refractivity contribution in [2.75, 3.05) is 37.8 Å². The molecule has 0 fully saturated rings. The van der Waals surface area contributed by atoms with Gasteiger partial charge in [0.15, 0.2) is 15.0 Å². The molecule has 166 valence electrons. The number of hydrogen-bond acceptors (Lipinski definition) is 6. The lowest BCUT2D eigenvalue weighted by molar-refractivity contribution is -0.118. The summed E-state index contributed by atoms with van der Waals surface area (Å²) in [6.45, 7) is 1.10. The van der Waals surface area contributed by atoms with Crippen molar-refractivity contribution in [2.24, 2.45) is 0 Å². The molecular weight excluding hydrogens is 461 g/mol. The molecule has 0 N–H and O–H groups in total. The maximum absolute atomic E-state index is 14.1. The lowest BCUT2D eigenvalue weighted by atomic mass is 10.3. The molecule has 10 heteroatoms. The highest BCUT2D eigenvalue weighted by Gasteiger charge is 2.23. The molecule has 0 unspecified atom stereocenters. The van der Waals surface area contributed by atoms with E-state index in [-0.39, 0.29) is 28.5 Å². The van der Waals surface area contributed by atoms with Crippen LogP contribution < -0.4 is 4.90 Å². The van der Waals surface area contributed by atoms with Gasteiger partial charge < -0.3 is 4.90 Å². The number of carbonyl (C=O) groups excluding carboxylic acids is 1. The molecule has 2 aromatic carbocycles. The summed E-state index contributed by atoms with van der Waals surface area (Å²) in [5.41, 5.74) is 0.210. The summed E-state index contributed by atoms with van der Waals surface area (Å²) < 4.78 is 39.9. The first kappa shape index (κ1) is 23.6. The van der Waals surface area contributed by atoms with Crippen molar-refractivity contribution in [3.8, 4) is 0 Å².